The molecule has 0 aromatic heterocycles. The number of piperidine rings is 1. The first-order chi connectivity index (χ1) is 9.72. The highest BCUT2D eigenvalue weighted by Crippen LogP contribution is 2.24. The van der Waals surface area contributed by atoms with Crippen molar-refractivity contribution in [2.75, 3.05) is 18.4 Å². The van der Waals surface area contributed by atoms with Gasteiger partial charge < -0.3 is 5.32 Å². The zero-order chi connectivity index (χ0) is 13.9. The number of amides is 1. The molecule has 0 saturated carbocycles. The number of hydrogen-bond acceptors (Lipinski definition) is 3. The van der Waals surface area contributed by atoms with E-state index in [1.165, 1.54) is 24.8 Å². The van der Waals surface area contributed by atoms with Crippen LogP contribution in [0.25, 0.3) is 0 Å². The van der Waals surface area contributed by atoms with Crippen LogP contribution < -0.4 is 5.32 Å². The summed E-state index contributed by atoms with van der Waals surface area (Å²) >= 11 is 0. The second-order valence-electron chi connectivity index (χ2n) is 5.62. The van der Waals surface area contributed by atoms with Gasteiger partial charge in [0.15, 0.2) is 0 Å². The Balaban J connectivity index is 1.79. The number of anilines is 1. The summed E-state index contributed by atoms with van der Waals surface area (Å²) in [5.41, 5.74) is 4.39. The maximum Gasteiger partial charge on any atom is 0.224 e. The standard InChI is InChI=1S/C16H21N3O/c1-12(18-19-9-3-2-4-10-19)13-5-7-15-14(11-13)6-8-16(20)17-15/h5,7,11H,2-4,6,8-10H2,1H3,(H,17,20)/b18-12-. The minimum absolute atomic E-state index is 0.115. The molecule has 0 unspecified atom stereocenters. The van der Waals surface area contributed by atoms with Gasteiger partial charge in [-0.2, -0.15) is 5.10 Å². The van der Waals surface area contributed by atoms with Crippen molar-refractivity contribution in [3.63, 3.8) is 0 Å². The van der Waals surface area contributed by atoms with Gasteiger partial charge in [-0.15, -0.1) is 0 Å². The van der Waals surface area contributed by atoms with Crippen LogP contribution in [0, 0.1) is 0 Å². The number of hydrogen-bond donors (Lipinski definition) is 1. The third-order valence-electron chi connectivity index (χ3n) is 4.04. The van der Waals surface area contributed by atoms with E-state index < -0.39 is 0 Å². The summed E-state index contributed by atoms with van der Waals surface area (Å²) in [4.78, 5) is 11.4. The molecule has 4 heteroatoms. The fourth-order valence-corrected chi connectivity index (χ4v) is 2.86. The quantitative estimate of drug-likeness (QED) is 0.841. The number of nitrogens with zero attached hydrogens (tertiary/aromatic N) is 2. The molecule has 1 aromatic rings. The number of carbonyl (C=O) groups excluding carboxylic acids is 1. The van der Waals surface area contributed by atoms with Crippen molar-refractivity contribution in [3.05, 3.63) is 29.3 Å². The SMILES string of the molecule is C/C(=N/N1CCCCC1)c1ccc2c(c1)CCC(=O)N2. The summed E-state index contributed by atoms with van der Waals surface area (Å²) in [6, 6.07) is 6.21. The molecule has 0 spiro atoms. The average molecular weight is 271 g/mol. The van der Waals surface area contributed by atoms with Crippen molar-refractivity contribution in [1.82, 2.24) is 5.01 Å². The van der Waals surface area contributed by atoms with Crippen molar-refractivity contribution in [2.24, 2.45) is 5.10 Å². The average Bonchev–Trinajstić information content (AvgIpc) is 2.47. The Kier molecular flexibility index (Phi) is 3.72. The van der Waals surface area contributed by atoms with E-state index in [2.05, 4.69) is 23.3 Å². The number of benzene rings is 1. The van der Waals surface area contributed by atoms with E-state index in [0.29, 0.717) is 6.42 Å². The van der Waals surface area contributed by atoms with E-state index in [0.717, 1.165) is 36.5 Å². The number of hydrazone groups is 1. The zero-order valence-corrected chi connectivity index (χ0v) is 12.0. The normalized spacial score (nSPS) is 19.6. The van der Waals surface area contributed by atoms with Crippen LogP contribution in [0.4, 0.5) is 5.69 Å². The van der Waals surface area contributed by atoms with Crippen LogP contribution in [0.15, 0.2) is 23.3 Å². The second-order valence-corrected chi connectivity index (χ2v) is 5.62. The molecule has 106 valence electrons. The van der Waals surface area contributed by atoms with E-state index in [1.807, 2.05) is 12.1 Å². The summed E-state index contributed by atoms with van der Waals surface area (Å²) in [7, 11) is 0. The van der Waals surface area contributed by atoms with Gasteiger partial charge in [0.2, 0.25) is 5.91 Å². The molecule has 2 heterocycles. The van der Waals surface area contributed by atoms with Gasteiger partial charge in [-0.05, 0) is 55.9 Å². The molecule has 4 nitrogen and oxygen atoms in total. The summed E-state index contributed by atoms with van der Waals surface area (Å²) < 4.78 is 0. The first-order valence-electron chi connectivity index (χ1n) is 7.46. The van der Waals surface area contributed by atoms with Gasteiger partial charge in [0.05, 0.1) is 5.71 Å². The highest BCUT2D eigenvalue weighted by molar-refractivity contribution is 6.00. The zero-order valence-electron chi connectivity index (χ0n) is 12.0. The molecule has 3 rings (SSSR count). The molecule has 2 aliphatic rings. The van der Waals surface area contributed by atoms with Crippen molar-refractivity contribution in [2.45, 2.75) is 39.0 Å². The Morgan fingerprint density at radius 1 is 1.20 bits per heavy atom. The summed E-state index contributed by atoms with van der Waals surface area (Å²) in [6.07, 6.45) is 5.22. The third kappa shape index (κ3) is 2.84. The molecule has 1 saturated heterocycles. The maximum atomic E-state index is 11.4. The van der Waals surface area contributed by atoms with Crippen LogP contribution >= 0.6 is 0 Å². The summed E-state index contributed by atoms with van der Waals surface area (Å²) in [6.45, 7) is 4.20. The van der Waals surface area contributed by atoms with Crippen LogP contribution in [0.5, 0.6) is 0 Å². The summed E-state index contributed by atoms with van der Waals surface area (Å²) in [5.74, 6) is 0.115. The van der Waals surface area contributed by atoms with E-state index >= 15 is 0 Å². The van der Waals surface area contributed by atoms with E-state index in [9.17, 15) is 4.79 Å². The molecule has 1 fully saturated rings. The molecule has 1 amide bonds. The lowest BCUT2D eigenvalue weighted by Gasteiger charge is -2.24. The largest absolute Gasteiger partial charge is 0.326 e. The van der Waals surface area contributed by atoms with Gasteiger partial charge in [0, 0.05) is 25.2 Å². The summed E-state index contributed by atoms with van der Waals surface area (Å²) in [5, 5.41) is 9.83. The van der Waals surface area contributed by atoms with Crippen molar-refractivity contribution < 1.29 is 4.79 Å². The Labute approximate surface area is 119 Å². The minimum Gasteiger partial charge on any atom is -0.326 e. The smallest absolute Gasteiger partial charge is 0.224 e. The minimum atomic E-state index is 0.115. The number of carbonyl (C=O) groups is 1. The van der Waals surface area contributed by atoms with Gasteiger partial charge in [-0.3, -0.25) is 9.80 Å². The van der Waals surface area contributed by atoms with Crippen molar-refractivity contribution in [3.8, 4) is 0 Å². The number of rotatable bonds is 2. The molecule has 2 aliphatic heterocycles. The molecule has 0 bridgehead atoms. The van der Waals surface area contributed by atoms with Gasteiger partial charge in [-0.1, -0.05) is 6.07 Å². The van der Waals surface area contributed by atoms with Crippen LogP contribution in [0.3, 0.4) is 0 Å². The van der Waals surface area contributed by atoms with Crippen molar-refractivity contribution >= 4 is 17.3 Å². The molecule has 0 radical (unpaired) electrons. The highest BCUT2D eigenvalue weighted by Gasteiger charge is 2.15. The van der Waals surface area contributed by atoms with Crippen molar-refractivity contribution in [1.29, 1.82) is 0 Å². The monoisotopic (exact) mass is 271 g/mol. The van der Waals surface area contributed by atoms with Crippen LogP contribution in [-0.4, -0.2) is 29.7 Å². The Bertz CT molecular complexity index is 545. The topological polar surface area (TPSA) is 44.7 Å². The number of nitrogens with one attached hydrogen (secondary N) is 1. The Morgan fingerprint density at radius 3 is 2.80 bits per heavy atom. The second kappa shape index (κ2) is 5.65. The van der Waals surface area contributed by atoms with Crippen LogP contribution in [0.2, 0.25) is 0 Å². The fourth-order valence-electron chi connectivity index (χ4n) is 2.86. The van der Waals surface area contributed by atoms with Crippen LogP contribution in [0.1, 0.15) is 43.7 Å². The highest BCUT2D eigenvalue weighted by atomic mass is 16.1. The lowest BCUT2D eigenvalue weighted by molar-refractivity contribution is -0.116. The Morgan fingerprint density at radius 2 is 2.00 bits per heavy atom. The molecule has 1 aromatic carbocycles. The molecule has 20 heavy (non-hydrogen) atoms. The third-order valence-corrected chi connectivity index (χ3v) is 4.04. The maximum absolute atomic E-state index is 11.4. The van der Waals surface area contributed by atoms with Gasteiger partial charge in [-0.25, -0.2) is 0 Å². The van der Waals surface area contributed by atoms with Gasteiger partial charge >= 0.3 is 0 Å². The first kappa shape index (κ1) is 13.2. The number of fused-ring (bicyclic) bond motifs is 1. The molecule has 0 atom stereocenters. The van der Waals surface area contributed by atoms with E-state index in [-0.39, 0.29) is 5.91 Å². The lowest BCUT2D eigenvalue weighted by Crippen LogP contribution is -2.26. The first-order valence-corrected chi connectivity index (χ1v) is 7.46. The Hall–Kier alpha value is -1.84. The predicted octanol–water partition coefficient (Wildman–Crippen LogP) is 2.78. The van der Waals surface area contributed by atoms with Gasteiger partial charge in [0.25, 0.3) is 0 Å². The predicted molar refractivity (Wildman–Crippen MR) is 81.0 cm³/mol. The number of aryl methyl sites for hydroxylation is 1. The molecular weight excluding hydrogens is 250 g/mol. The van der Waals surface area contributed by atoms with Crippen LogP contribution in [-0.2, 0) is 11.2 Å². The fraction of sp³-hybridized carbons (Fsp3) is 0.500. The molecule has 1 N–H and O–H groups in total. The van der Waals surface area contributed by atoms with Gasteiger partial charge in [0.1, 0.15) is 0 Å². The molecular formula is C16H21N3O. The molecule has 0 aliphatic carbocycles. The van der Waals surface area contributed by atoms with E-state index in [1.54, 1.807) is 0 Å². The van der Waals surface area contributed by atoms with E-state index in [4.69, 9.17) is 5.10 Å². The lowest BCUT2D eigenvalue weighted by atomic mass is 9.99.